The SMILES string of the molecule is COc1cc(Cl)c(C)cc1NCCC(=O)Nc1ccc2c(c1)OCO2. The average molecular weight is 363 g/mol. The molecule has 25 heavy (non-hydrogen) atoms. The molecule has 0 atom stereocenters. The molecule has 0 bridgehead atoms. The topological polar surface area (TPSA) is 68.8 Å². The van der Waals surface area contributed by atoms with Crippen molar-refractivity contribution in [3.8, 4) is 17.2 Å². The molecule has 1 heterocycles. The van der Waals surface area contributed by atoms with Gasteiger partial charge in [-0.3, -0.25) is 4.79 Å². The standard InChI is InChI=1S/C18H19ClN2O4/c1-11-7-14(16(23-2)9-13(11)19)20-6-5-18(22)21-12-3-4-15-17(8-12)25-10-24-15/h3-4,7-9,20H,5-6,10H2,1-2H3,(H,21,22). The number of rotatable bonds is 6. The minimum Gasteiger partial charge on any atom is -0.495 e. The Morgan fingerprint density at radius 3 is 2.84 bits per heavy atom. The van der Waals surface area contributed by atoms with Crippen molar-refractivity contribution in [2.45, 2.75) is 13.3 Å². The molecule has 3 rings (SSSR count). The first-order valence-electron chi connectivity index (χ1n) is 7.84. The molecule has 1 aliphatic heterocycles. The van der Waals surface area contributed by atoms with Crippen molar-refractivity contribution in [2.24, 2.45) is 0 Å². The molecular weight excluding hydrogens is 344 g/mol. The highest BCUT2D eigenvalue weighted by molar-refractivity contribution is 6.31. The van der Waals surface area contributed by atoms with E-state index in [1.165, 1.54) is 0 Å². The quantitative estimate of drug-likeness (QED) is 0.817. The van der Waals surface area contributed by atoms with E-state index in [-0.39, 0.29) is 12.7 Å². The number of anilines is 2. The van der Waals surface area contributed by atoms with E-state index in [1.54, 1.807) is 31.4 Å². The molecule has 1 amide bonds. The third-order valence-corrected chi connectivity index (χ3v) is 4.21. The molecule has 0 aromatic heterocycles. The van der Waals surface area contributed by atoms with Crippen LogP contribution in [0.25, 0.3) is 0 Å². The third-order valence-electron chi connectivity index (χ3n) is 3.80. The number of nitrogens with one attached hydrogen (secondary N) is 2. The van der Waals surface area contributed by atoms with E-state index < -0.39 is 0 Å². The van der Waals surface area contributed by atoms with Crippen LogP contribution in [0, 0.1) is 6.92 Å². The van der Waals surface area contributed by atoms with Gasteiger partial charge in [0.15, 0.2) is 11.5 Å². The lowest BCUT2D eigenvalue weighted by Crippen LogP contribution is -2.16. The molecule has 0 saturated carbocycles. The second-order valence-corrected chi connectivity index (χ2v) is 6.00. The van der Waals surface area contributed by atoms with E-state index in [9.17, 15) is 4.79 Å². The maximum Gasteiger partial charge on any atom is 0.231 e. The number of hydrogen-bond acceptors (Lipinski definition) is 5. The molecule has 0 fully saturated rings. The van der Waals surface area contributed by atoms with E-state index >= 15 is 0 Å². The normalized spacial score (nSPS) is 12.0. The summed E-state index contributed by atoms with van der Waals surface area (Å²) in [5, 5.41) is 6.68. The van der Waals surface area contributed by atoms with Crippen molar-refractivity contribution >= 4 is 28.9 Å². The number of aryl methyl sites for hydroxylation is 1. The Balaban J connectivity index is 1.54. The Hall–Kier alpha value is -2.60. The molecule has 0 saturated heterocycles. The van der Waals surface area contributed by atoms with Crippen LogP contribution in [0.4, 0.5) is 11.4 Å². The van der Waals surface area contributed by atoms with Crippen molar-refractivity contribution in [2.75, 3.05) is 31.1 Å². The predicted octanol–water partition coefficient (Wildman–Crippen LogP) is 3.83. The van der Waals surface area contributed by atoms with Crippen LogP contribution >= 0.6 is 11.6 Å². The second kappa shape index (κ2) is 7.53. The molecule has 0 spiro atoms. The van der Waals surface area contributed by atoms with E-state index in [0.29, 0.717) is 40.9 Å². The number of amides is 1. The molecule has 2 aromatic carbocycles. The number of halogens is 1. The van der Waals surface area contributed by atoms with Gasteiger partial charge in [0.25, 0.3) is 0 Å². The number of methoxy groups -OCH3 is 1. The van der Waals surface area contributed by atoms with Crippen LogP contribution in [-0.4, -0.2) is 26.4 Å². The summed E-state index contributed by atoms with van der Waals surface area (Å²) >= 11 is 6.09. The minimum atomic E-state index is -0.101. The zero-order chi connectivity index (χ0) is 17.8. The van der Waals surface area contributed by atoms with Gasteiger partial charge < -0.3 is 24.8 Å². The van der Waals surface area contributed by atoms with Crippen LogP contribution < -0.4 is 24.8 Å². The Morgan fingerprint density at radius 2 is 2.04 bits per heavy atom. The first-order chi connectivity index (χ1) is 12.1. The molecule has 0 unspecified atom stereocenters. The van der Waals surface area contributed by atoms with Gasteiger partial charge in [-0.1, -0.05) is 11.6 Å². The fourth-order valence-electron chi connectivity index (χ4n) is 2.48. The number of fused-ring (bicyclic) bond motifs is 1. The van der Waals surface area contributed by atoms with Crippen molar-refractivity contribution in [3.05, 3.63) is 40.9 Å². The van der Waals surface area contributed by atoms with Gasteiger partial charge in [0, 0.05) is 35.8 Å². The van der Waals surface area contributed by atoms with Gasteiger partial charge in [-0.2, -0.15) is 0 Å². The maximum atomic E-state index is 12.1. The van der Waals surface area contributed by atoms with E-state index in [2.05, 4.69) is 10.6 Å². The van der Waals surface area contributed by atoms with Crippen LogP contribution in [-0.2, 0) is 4.79 Å². The van der Waals surface area contributed by atoms with Gasteiger partial charge in [0.1, 0.15) is 5.75 Å². The fraction of sp³-hybridized carbons (Fsp3) is 0.278. The molecule has 6 nitrogen and oxygen atoms in total. The van der Waals surface area contributed by atoms with Gasteiger partial charge >= 0.3 is 0 Å². The Labute approximate surface area is 151 Å². The predicted molar refractivity (Wildman–Crippen MR) is 97.0 cm³/mol. The Kier molecular flexibility index (Phi) is 5.19. The summed E-state index contributed by atoms with van der Waals surface area (Å²) in [5.74, 6) is 1.87. The lowest BCUT2D eigenvalue weighted by molar-refractivity contribution is -0.115. The Morgan fingerprint density at radius 1 is 1.24 bits per heavy atom. The van der Waals surface area contributed by atoms with Crippen LogP contribution in [0.2, 0.25) is 5.02 Å². The number of ether oxygens (including phenoxy) is 3. The van der Waals surface area contributed by atoms with Gasteiger partial charge in [-0.05, 0) is 30.7 Å². The zero-order valence-electron chi connectivity index (χ0n) is 14.0. The summed E-state index contributed by atoms with van der Waals surface area (Å²) in [6.45, 7) is 2.59. The maximum absolute atomic E-state index is 12.1. The average Bonchev–Trinajstić information content (AvgIpc) is 3.05. The molecular formula is C18H19ClN2O4. The number of carbonyl (C=O) groups is 1. The van der Waals surface area contributed by atoms with Crippen molar-refractivity contribution in [1.82, 2.24) is 0 Å². The first-order valence-corrected chi connectivity index (χ1v) is 8.22. The molecule has 1 aliphatic rings. The van der Waals surface area contributed by atoms with Gasteiger partial charge in [-0.25, -0.2) is 0 Å². The first kappa shape index (κ1) is 17.2. The zero-order valence-corrected chi connectivity index (χ0v) is 14.8. The number of benzene rings is 2. The van der Waals surface area contributed by atoms with Crippen LogP contribution in [0.1, 0.15) is 12.0 Å². The monoisotopic (exact) mass is 362 g/mol. The third kappa shape index (κ3) is 4.09. The van der Waals surface area contributed by atoms with Gasteiger partial charge in [0.2, 0.25) is 12.7 Å². The molecule has 7 heteroatoms. The van der Waals surface area contributed by atoms with Crippen LogP contribution in [0.15, 0.2) is 30.3 Å². The fourth-order valence-corrected chi connectivity index (χ4v) is 2.63. The highest BCUT2D eigenvalue weighted by Gasteiger charge is 2.14. The summed E-state index contributed by atoms with van der Waals surface area (Å²) in [6, 6.07) is 8.96. The molecule has 0 radical (unpaired) electrons. The van der Waals surface area contributed by atoms with Crippen LogP contribution in [0.5, 0.6) is 17.2 Å². The molecule has 0 aliphatic carbocycles. The summed E-state index contributed by atoms with van der Waals surface area (Å²) in [7, 11) is 1.58. The molecule has 2 N–H and O–H groups in total. The van der Waals surface area contributed by atoms with Crippen molar-refractivity contribution in [3.63, 3.8) is 0 Å². The second-order valence-electron chi connectivity index (χ2n) is 5.59. The lowest BCUT2D eigenvalue weighted by Gasteiger charge is -2.13. The number of hydrogen-bond donors (Lipinski definition) is 2. The highest BCUT2D eigenvalue weighted by Crippen LogP contribution is 2.34. The van der Waals surface area contributed by atoms with E-state index in [1.807, 2.05) is 13.0 Å². The van der Waals surface area contributed by atoms with Crippen molar-refractivity contribution < 1.29 is 19.0 Å². The molecule has 2 aromatic rings. The molecule has 132 valence electrons. The summed E-state index contributed by atoms with van der Waals surface area (Å²) < 4.78 is 15.8. The van der Waals surface area contributed by atoms with Crippen LogP contribution in [0.3, 0.4) is 0 Å². The van der Waals surface area contributed by atoms with Gasteiger partial charge in [-0.15, -0.1) is 0 Å². The lowest BCUT2D eigenvalue weighted by atomic mass is 10.2. The Bertz CT molecular complexity index is 795. The van der Waals surface area contributed by atoms with Gasteiger partial charge in [0.05, 0.1) is 12.8 Å². The highest BCUT2D eigenvalue weighted by atomic mass is 35.5. The summed E-state index contributed by atoms with van der Waals surface area (Å²) in [6.07, 6.45) is 0.305. The minimum absolute atomic E-state index is 0.101. The largest absolute Gasteiger partial charge is 0.495 e. The summed E-state index contributed by atoms with van der Waals surface area (Å²) in [4.78, 5) is 12.1. The smallest absolute Gasteiger partial charge is 0.231 e. The van der Waals surface area contributed by atoms with E-state index in [4.69, 9.17) is 25.8 Å². The van der Waals surface area contributed by atoms with E-state index in [0.717, 1.165) is 11.3 Å². The van der Waals surface area contributed by atoms with Crippen molar-refractivity contribution in [1.29, 1.82) is 0 Å². The number of carbonyl (C=O) groups excluding carboxylic acids is 1. The summed E-state index contributed by atoms with van der Waals surface area (Å²) in [5.41, 5.74) is 2.42.